The Morgan fingerprint density at radius 2 is 1.94 bits per heavy atom. The van der Waals surface area contributed by atoms with E-state index in [9.17, 15) is 22.4 Å². The maximum atomic E-state index is 13.4. The average molecular weight is 272 g/mol. The highest BCUT2D eigenvalue weighted by molar-refractivity contribution is 6.30. The van der Waals surface area contributed by atoms with Gasteiger partial charge in [0.15, 0.2) is 0 Å². The van der Waals surface area contributed by atoms with Crippen molar-refractivity contribution in [1.82, 2.24) is 0 Å². The van der Waals surface area contributed by atoms with Gasteiger partial charge in [0, 0.05) is 5.56 Å². The zero-order valence-electron chi connectivity index (χ0n) is 8.05. The number of aliphatic carboxylic acids is 1. The normalized spacial score (nSPS) is 13.5. The van der Waals surface area contributed by atoms with Crippen LogP contribution in [0.25, 0.3) is 0 Å². The molecular weight excluding hydrogens is 266 g/mol. The van der Waals surface area contributed by atoms with E-state index in [0.717, 1.165) is 0 Å². The van der Waals surface area contributed by atoms with Crippen LogP contribution in [0.15, 0.2) is 12.1 Å². The smallest absolute Gasteiger partial charge is 0.416 e. The van der Waals surface area contributed by atoms with Gasteiger partial charge in [-0.05, 0) is 12.1 Å². The largest absolute Gasteiger partial charge is 0.480 e. The Morgan fingerprint density at radius 3 is 2.35 bits per heavy atom. The molecule has 0 aliphatic rings. The molecule has 0 aliphatic carbocycles. The summed E-state index contributed by atoms with van der Waals surface area (Å²) in [6.45, 7) is 0. The number of alkyl halides is 3. The fourth-order valence-corrected chi connectivity index (χ4v) is 1.41. The van der Waals surface area contributed by atoms with Gasteiger partial charge in [-0.25, -0.2) is 4.39 Å². The van der Waals surface area contributed by atoms with E-state index >= 15 is 0 Å². The van der Waals surface area contributed by atoms with Crippen LogP contribution in [0.1, 0.15) is 17.2 Å². The highest BCUT2D eigenvalue weighted by Gasteiger charge is 2.38. The second kappa shape index (κ2) is 4.50. The summed E-state index contributed by atoms with van der Waals surface area (Å²) in [5.74, 6) is -3.26. The lowest BCUT2D eigenvalue weighted by Crippen LogP contribution is -2.26. The van der Waals surface area contributed by atoms with E-state index in [0.29, 0.717) is 12.1 Å². The number of carboxylic acid groups (broad SMARTS) is 1. The van der Waals surface area contributed by atoms with E-state index in [1.165, 1.54) is 0 Å². The molecule has 0 radical (unpaired) electrons. The van der Waals surface area contributed by atoms with Crippen LogP contribution in [0.2, 0.25) is 5.02 Å². The van der Waals surface area contributed by atoms with Crippen LogP contribution in [0.5, 0.6) is 0 Å². The number of hydrogen-bond donors (Lipinski definition) is 2. The first-order chi connectivity index (χ1) is 7.66. The van der Waals surface area contributed by atoms with E-state index in [1.54, 1.807) is 0 Å². The molecule has 0 saturated heterocycles. The van der Waals surface area contributed by atoms with Crippen LogP contribution in [0.3, 0.4) is 0 Å². The lowest BCUT2D eigenvalue weighted by Gasteiger charge is -2.16. The molecule has 0 saturated carbocycles. The highest BCUT2D eigenvalue weighted by atomic mass is 35.5. The van der Waals surface area contributed by atoms with E-state index < -0.39 is 40.2 Å². The van der Waals surface area contributed by atoms with E-state index in [4.69, 9.17) is 22.4 Å². The van der Waals surface area contributed by atoms with Gasteiger partial charge in [0.2, 0.25) is 0 Å². The SMILES string of the molecule is N[C@H](C(=O)O)c1c(C(F)(F)F)ccc(Cl)c1F. The predicted molar refractivity (Wildman–Crippen MR) is 51.0 cm³/mol. The van der Waals surface area contributed by atoms with Crippen molar-refractivity contribution in [1.29, 1.82) is 0 Å². The topological polar surface area (TPSA) is 63.3 Å². The molecule has 0 aliphatic heterocycles. The van der Waals surface area contributed by atoms with Crippen molar-refractivity contribution in [3.8, 4) is 0 Å². The number of carboxylic acids is 1. The first-order valence-electron chi connectivity index (χ1n) is 4.19. The van der Waals surface area contributed by atoms with Gasteiger partial charge in [-0.1, -0.05) is 11.6 Å². The lowest BCUT2D eigenvalue weighted by molar-refractivity contribution is -0.141. The van der Waals surface area contributed by atoms with Crippen LogP contribution in [-0.2, 0) is 11.0 Å². The molecule has 1 aromatic rings. The Kier molecular flexibility index (Phi) is 3.63. The standard InChI is InChI=1S/C9H6ClF4NO2/c10-4-2-1-3(9(12,13)14)5(6(4)11)7(15)8(16)17/h1-2,7H,15H2,(H,16,17)/t7-/m0/s1. The molecule has 3 nitrogen and oxygen atoms in total. The van der Waals surface area contributed by atoms with E-state index in [-0.39, 0.29) is 0 Å². The Morgan fingerprint density at radius 1 is 1.41 bits per heavy atom. The quantitative estimate of drug-likeness (QED) is 0.813. The van der Waals surface area contributed by atoms with Crippen molar-refractivity contribution in [3.63, 3.8) is 0 Å². The molecule has 1 rings (SSSR count). The lowest BCUT2D eigenvalue weighted by atomic mass is 9.99. The minimum atomic E-state index is -4.91. The summed E-state index contributed by atoms with van der Waals surface area (Å²) in [5, 5.41) is 7.92. The third-order valence-corrected chi connectivity index (χ3v) is 2.31. The number of rotatable bonds is 2. The molecular formula is C9H6ClF4NO2. The van der Waals surface area contributed by atoms with Crippen molar-refractivity contribution in [3.05, 3.63) is 34.1 Å². The fourth-order valence-electron chi connectivity index (χ4n) is 1.24. The van der Waals surface area contributed by atoms with Gasteiger partial charge < -0.3 is 10.8 Å². The third kappa shape index (κ3) is 2.67. The van der Waals surface area contributed by atoms with E-state index in [1.807, 2.05) is 0 Å². The average Bonchev–Trinajstić information content (AvgIpc) is 2.19. The maximum Gasteiger partial charge on any atom is 0.416 e. The van der Waals surface area contributed by atoms with Crippen molar-refractivity contribution >= 4 is 17.6 Å². The van der Waals surface area contributed by atoms with Crippen LogP contribution in [0, 0.1) is 5.82 Å². The molecule has 0 heterocycles. The second-order valence-electron chi connectivity index (χ2n) is 3.14. The molecule has 0 bridgehead atoms. The summed E-state index contributed by atoms with van der Waals surface area (Å²) in [7, 11) is 0. The zero-order chi connectivity index (χ0) is 13.4. The molecule has 1 atom stereocenters. The first-order valence-corrected chi connectivity index (χ1v) is 4.57. The molecule has 0 unspecified atom stereocenters. The summed E-state index contributed by atoms with van der Waals surface area (Å²) in [5.41, 5.74) is 2.39. The number of benzene rings is 1. The molecule has 3 N–H and O–H groups in total. The third-order valence-electron chi connectivity index (χ3n) is 2.02. The van der Waals surface area contributed by atoms with Gasteiger partial charge in [-0.15, -0.1) is 0 Å². The molecule has 0 amide bonds. The van der Waals surface area contributed by atoms with Gasteiger partial charge in [-0.2, -0.15) is 13.2 Å². The summed E-state index contributed by atoms with van der Waals surface area (Å²) >= 11 is 5.29. The molecule has 0 fully saturated rings. The molecule has 17 heavy (non-hydrogen) atoms. The predicted octanol–water partition coefficient (Wildman–Crippen LogP) is 2.58. The van der Waals surface area contributed by atoms with Crippen LogP contribution in [0.4, 0.5) is 17.6 Å². The minimum absolute atomic E-state index is 0.490. The molecule has 1 aromatic carbocycles. The number of halogens is 5. The Hall–Kier alpha value is -1.34. The van der Waals surface area contributed by atoms with Gasteiger partial charge in [0.05, 0.1) is 10.6 Å². The van der Waals surface area contributed by atoms with Gasteiger partial charge in [0.25, 0.3) is 0 Å². The summed E-state index contributed by atoms with van der Waals surface area (Å²) < 4.78 is 51.0. The first kappa shape index (κ1) is 13.7. The minimum Gasteiger partial charge on any atom is -0.480 e. The fraction of sp³-hybridized carbons (Fsp3) is 0.222. The van der Waals surface area contributed by atoms with E-state index in [2.05, 4.69) is 0 Å². The van der Waals surface area contributed by atoms with Crippen molar-refractivity contribution in [2.75, 3.05) is 0 Å². The molecule has 0 spiro atoms. The monoisotopic (exact) mass is 271 g/mol. The summed E-state index contributed by atoms with van der Waals surface area (Å²) in [6.07, 6.45) is -4.91. The second-order valence-corrected chi connectivity index (χ2v) is 3.54. The maximum absolute atomic E-state index is 13.4. The van der Waals surface area contributed by atoms with Crippen LogP contribution >= 0.6 is 11.6 Å². The van der Waals surface area contributed by atoms with Crippen molar-refractivity contribution in [2.24, 2.45) is 5.73 Å². The zero-order valence-corrected chi connectivity index (χ0v) is 8.81. The molecule has 0 aromatic heterocycles. The number of carbonyl (C=O) groups is 1. The van der Waals surface area contributed by atoms with Crippen LogP contribution < -0.4 is 5.73 Å². The number of hydrogen-bond acceptors (Lipinski definition) is 2. The Bertz CT molecular complexity index is 461. The highest BCUT2D eigenvalue weighted by Crippen LogP contribution is 2.37. The summed E-state index contributed by atoms with van der Waals surface area (Å²) in [4.78, 5) is 10.5. The Labute approximate surface area is 97.8 Å². The van der Waals surface area contributed by atoms with Crippen molar-refractivity contribution in [2.45, 2.75) is 12.2 Å². The van der Waals surface area contributed by atoms with Crippen LogP contribution in [-0.4, -0.2) is 11.1 Å². The van der Waals surface area contributed by atoms with Gasteiger partial charge >= 0.3 is 12.1 Å². The summed E-state index contributed by atoms with van der Waals surface area (Å²) in [6, 6.07) is -0.952. The van der Waals surface area contributed by atoms with Gasteiger partial charge in [0.1, 0.15) is 11.9 Å². The molecule has 94 valence electrons. The van der Waals surface area contributed by atoms with Gasteiger partial charge in [-0.3, -0.25) is 4.79 Å². The Balaban J connectivity index is 3.53. The van der Waals surface area contributed by atoms with Crippen molar-refractivity contribution < 1.29 is 27.5 Å². The number of nitrogens with two attached hydrogens (primary N) is 1. The molecule has 8 heteroatoms.